The quantitative estimate of drug-likeness (QED) is 0.702. The molecule has 2 unspecified atom stereocenters. The molecule has 0 aliphatic rings. The zero-order valence-corrected chi connectivity index (χ0v) is 10.4. The summed E-state index contributed by atoms with van der Waals surface area (Å²) in [6, 6.07) is 3.97. The SMILES string of the molecule is COCC(O)CN(C)C(CN)c1ccncc1. The molecule has 1 aromatic heterocycles. The molecule has 0 bridgehead atoms. The van der Waals surface area contributed by atoms with Gasteiger partial charge in [0.1, 0.15) is 0 Å². The van der Waals surface area contributed by atoms with Gasteiger partial charge in [-0.2, -0.15) is 0 Å². The lowest BCUT2D eigenvalue weighted by atomic mass is 10.1. The number of hydrogen-bond acceptors (Lipinski definition) is 5. The highest BCUT2D eigenvalue weighted by Gasteiger charge is 2.17. The Morgan fingerprint density at radius 2 is 2.12 bits per heavy atom. The van der Waals surface area contributed by atoms with Gasteiger partial charge in [0, 0.05) is 38.6 Å². The Bertz CT molecular complexity index is 308. The van der Waals surface area contributed by atoms with Crippen LogP contribution in [-0.4, -0.2) is 54.9 Å². The summed E-state index contributed by atoms with van der Waals surface area (Å²) >= 11 is 0. The van der Waals surface area contributed by atoms with E-state index >= 15 is 0 Å². The van der Waals surface area contributed by atoms with Crippen LogP contribution in [-0.2, 0) is 4.74 Å². The Morgan fingerprint density at radius 1 is 1.47 bits per heavy atom. The van der Waals surface area contributed by atoms with Crippen LogP contribution in [0.15, 0.2) is 24.5 Å². The molecule has 1 rings (SSSR count). The van der Waals surface area contributed by atoms with Gasteiger partial charge in [-0.3, -0.25) is 9.88 Å². The van der Waals surface area contributed by atoms with Crippen molar-refractivity contribution in [1.29, 1.82) is 0 Å². The second-order valence-electron chi connectivity index (χ2n) is 4.08. The number of nitrogens with zero attached hydrogens (tertiary/aromatic N) is 2. The Kier molecular flexibility index (Phi) is 6.07. The first-order valence-electron chi connectivity index (χ1n) is 5.66. The number of pyridine rings is 1. The number of ether oxygens (including phenoxy) is 1. The van der Waals surface area contributed by atoms with Crippen LogP contribution >= 0.6 is 0 Å². The van der Waals surface area contributed by atoms with Crippen molar-refractivity contribution in [2.24, 2.45) is 5.73 Å². The molecule has 0 saturated heterocycles. The fourth-order valence-electron chi connectivity index (χ4n) is 1.86. The van der Waals surface area contributed by atoms with Gasteiger partial charge in [-0.05, 0) is 24.7 Å². The number of likely N-dealkylation sites (N-methyl/N-ethyl adjacent to an activating group) is 1. The van der Waals surface area contributed by atoms with Gasteiger partial charge >= 0.3 is 0 Å². The number of hydrogen-bond donors (Lipinski definition) is 2. The van der Waals surface area contributed by atoms with Gasteiger partial charge in [-0.15, -0.1) is 0 Å². The number of nitrogens with two attached hydrogens (primary N) is 1. The molecule has 0 spiro atoms. The van der Waals surface area contributed by atoms with Crippen molar-refractivity contribution >= 4 is 0 Å². The topological polar surface area (TPSA) is 71.6 Å². The van der Waals surface area contributed by atoms with E-state index in [1.54, 1.807) is 19.5 Å². The molecule has 1 aromatic rings. The summed E-state index contributed by atoms with van der Waals surface area (Å²) in [6.07, 6.45) is 3.00. The number of aromatic nitrogens is 1. The number of methoxy groups -OCH3 is 1. The summed E-state index contributed by atoms with van der Waals surface area (Å²) in [6.45, 7) is 1.36. The lowest BCUT2D eigenvalue weighted by Crippen LogP contribution is -2.37. The Morgan fingerprint density at radius 3 is 2.65 bits per heavy atom. The van der Waals surface area contributed by atoms with Crippen LogP contribution < -0.4 is 5.73 Å². The molecule has 2 atom stereocenters. The molecule has 96 valence electrons. The third kappa shape index (κ3) is 4.40. The highest BCUT2D eigenvalue weighted by atomic mass is 16.5. The second-order valence-corrected chi connectivity index (χ2v) is 4.08. The van der Waals surface area contributed by atoms with Crippen molar-refractivity contribution in [3.63, 3.8) is 0 Å². The largest absolute Gasteiger partial charge is 0.389 e. The van der Waals surface area contributed by atoms with Gasteiger partial charge in [0.15, 0.2) is 0 Å². The molecular weight excluding hydrogens is 218 g/mol. The molecule has 0 saturated carbocycles. The minimum Gasteiger partial charge on any atom is -0.389 e. The monoisotopic (exact) mass is 239 g/mol. The molecule has 3 N–H and O–H groups in total. The van der Waals surface area contributed by atoms with Crippen molar-refractivity contribution in [3.05, 3.63) is 30.1 Å². The van der Waals surface area contributed by atoms with Crippen LogP contribution in [0, 0.1) is 0 Å². The van der Waals surface area contributed by atoms with Crippen molar-refractivity contribution in [2.75, 3.05) is 33.9 Å². The molecule has 0 aliphatic carbocycles. The van der Waals surface area contributed by atoms with E-state index in [0.717, 1.165) is 5.56 Å². The average molecular weight is 239 g/mol. The number of rotatable bonds is 7. The molecule has 0 fully saturated rings. The van der Waals surface area contributed by atoms with Crippen LogP contribution in [0.4, 0.5) is 0 Å². The standard InChI is InChI=1S/C12H21N3O2/c1-15(8-11(16)9-17-2)12(7-13)10-3-5-14-6-4-10/h3-6,11-12,16H,7-9,13H2,1-2H3. The molecule has 0 aromatic carbocycles. The van der Waals surface area contributed by atoms with Gasteiger partial charge in [-0.1, -0.05) is 0 Å². The first kappa shape index (κ1) is 14.1. The Balaban J connectivity index is 2.61. The van der Waals surface area contributed by atoms with Crippen LogP contribution in [0.5, 0.6) is 0 Å². The van der Waals surface area contributed by atoms with Gasteiger partial charge in [0.2, 0.25) is 0 Å². The molecule has 17 heavy (non-hydrogen) atoms. The lowest BCUT2D eigenvalue weighted by Gasteiger charge is -2.28. The second kappa shape index (κ2) is 7.34. The van der Waals surface area contributed by atoms with Crippen molar-refractivity contribution in [1.82, 2.24) is 9.88 Å². The van der Waals surface area contributed by atoms with Crippen molar-refractivity contribution in [3.8, 4) is 0 Å². The molecule has 5 heteroatoms. The zero-order valence-electron chi connectivity index (χ0n) is 10.4. The first-order chi connectivity index (χ1) is 8.19. The predicted octanol–water partition coefficient (Wildman–Crippen LogP) is 0.0205. The minimum absolute atomic E-state index is 0.0875. The highest BCUT2D eigenvalue weighted by Crippen LogP contribution is 2.17. The lowest BCUT2D eigenvalue weighted by molar-refractivity contribution is 0.0348. The summed E-state index contributed by atoms with van der Waals surface area (Å²) in [5.41, 5.74) is 6.89. The van der Waals surface area contributed by atoms with Crippen molar-refractivity contribution < 1.29 is 9.84 Å². The number of aliphatic hydroxyl groups excluding tert-OH is 1. The summed E-state index contributed by atoms with van der Waals surface area (Å²) in [5.74, 6) is 0. The molecule has 1 heterocycles. The molecule has 5 nitrogen and oxygen atoms in total. The van der Waals surface area contributed by atoms with Gasteiger partial charge in [-0.25, -0.2) is 0 Å². The maximum absolute atomic E-state index is 9.69. The maximum Gasteiger partial charge on any atom is 0.0900 e. The fourth-order valence-corrected chi connectivity index (χ4v) is 1.86. The van der Waals surface area contributed by atoms with Gasteiger partial charge in [0.25, 0.3) is 0 Å². The van der Waals surface area contributed by atoms with Crippen LogP contribution in [0.25, 0.3) is 0 Å². The van der Waals surface area contributed by atoms with E-state index in [1.807, 2.05) is 24.1 Å². The Labute approximate surface area is 102 Å². The molecule has 0 radical (unpaired) electrons. The predicted molar refractivity (Wildman–Crippen MR) is 66.5 cm³/mol. The fraction of sp³-hybridized carbons (Fsp3) is 0.583. The van der Waals surface area contributed by atoms with E-state index in [9.17, 15) is 5.11 Å². The smallest absolute Gasteiger partial charge is 0.0900 e. The highest BCUT2D eigenvalue weighted by molar-refractivity contribution is 5.15. The molecule has 0 amide bonds. The first-order valence-corrected chi connectivity index (χ1v) is 5.66. The summed E-state index contributed by atoms with van der Waals surface area (Å²) in [4.78, 5) is 6.01. The molecular formula is C12H21N3O2. The maximum atomic E-state index is 9.69. The summed E-state index contributed by atoms with van der Waals surface area (Å²) in [7, 11) is 3.52. The van der Waals surface area contributed by atoms with Crippen LogP contribution in [0.2, 0.25) is 0 Å². The minimum atomic E-state index is -0.499. The van der Waals surface area contributed by atoms with Gasteiger partial charge in [0.05, 0.1) is 12.7 Å². The summed E-state index contributed by atoms with van der Waals surface area (Å²) < 4.78 is 4.91. The van der Waals surface area contributed by atoms with E-state index < -0.39 is 6.10 Å². The number of aliphatic hydroxyl groups is 1. The normalized spacial score (nSPS) is 14.9. The van der Waals surface area contributed by atoms with Crippen molar-refractivity contribution in [2.45, 2.75) is 12.1 Å². The molecule has 0 aliphatic heterocycles. The Hall–Kier alpha value is -1.01. The van der Waals surface area contributed by atoms with E-state index in [2.05, 4.69) is 4.98 Å². The van der Waals surface area contributed by atoms with E-state index in [4.69, 9.17) is 10.5 Å². The third-order valence-corrected chi connectivity index (χ3v) is 2.70. The van der Waals surface area contributed by atoms with E-state index in [0.29, 0.717) is 19.7 Å². The zero-order chi connectivity index (χ0) is 12.7. The van der Waals surface area contributed by atoms with Gasteiger partial charge < -0.3 is 15.6 Å². The van der Waals surface area contributed by atoms with Crippen LogP contribution in [0.1, 0.15) is 11.6 Å². The summed E-state index contributed by atoms with van der Waals surface area (Å²) in [5, 5.41) is 9.69. The average Bonchev–Trinajstić information content (AvgIpc) is 2.31. The van der Waals surface area contributed by atoms with E-state index in [-0.39, 0.29) is 6.04 Å². The van der Waals surface area contributed by atoms with Crippen LogP contribution in [0.3, 0.4) is 0 Å². The third-order valence-electron chi connectivity index (χ3n) is 2.70. The van der Waals surface area contributed by atoms with E-state index in [1.165, 1.54) is 0 Å².